The molecule has 18 heavy (non-hydrogen) atoms. The van der Waals surface area contributed by atoms with Crippen LogP contribution in [0.2, 0.25) is 0 Å². The average Bonchev–Trinajstić information content (AvgIpc) is 2.95. The first kappa shape index (κ1) is 11.3. The third kappa shape index (κ3) is 2.56. The van der Waals surface area contributed by atoms with Gasteiger partial charge in [-0.1, -0.05) is 0 Å². The fourth-order valence-corrected chi connectivity index (χ4v) is 2.39. The molecule has 0 spiro atoms. The number of aromatic nitrogens is 4. The molecule has 94 valence electrons. The summed E-state index contributed by atoms with van der Waals surface area (Å²) < 4.78 is 0. The van der Waals surface area contributed by atoms with Gasteiger partial charge < -0.3 is 5.32 Å². The van der Waals surface area contributed by atoms with Gasteiger partial charge in [-0.2, -0.15) is 5.10 Å². The Balaban J connectivity index is 1.67. The number of aromatic amines is 1. The summed E-state index contributed by atoms with van der Waals surface area (Å²) in [6, 6.07) is 0. The molecule has 0 radical (unpaired) electrons. The lowest BCUT2D eigenvalue weighted by molar-refractivity contribution is 0.373. The summed E-state index contributed by atoms with van der Waals surface area (Å²) in [5, 5.41) is 10.1. The molecule has 5 heteroatoms. The molecule has 2 aromatic heterocycles. The first-order chi connectivity index (χ1) is 8.92. The van der Waals surface area contributed by atoms with Gasteiger partial charge in [0.15, 0.2) is 0 Å². The molecule has 1 aliphatic rings. The Kier molecular flexibility index (Phi) is 3.32. The number of rotatable bonds is 3. The number of H-pyrrole nitrogens is 1. The first-order valence-electron chi connectivity index (χ1n) is 6.42. The Labute approximate surface area is 106 Å². The molecule has 0 amide bonds. The van der Waals surface area contributed by atoms with E-state index in [-0.39, 0.29) is 0 Å². The zero-order valence-electron chi connectivity index (χ0n) is 10.3. The normalized spacial score (nSPS) is 19.9. The molecular weight excluding hydrogens is 226 g/mol. The van der Waals surface area contributed by atoms with E-state index in [0.29, 0.717) is 5.92 Å². The number of nitrogens with zero attached hydrogens (tertiary/aromatic N) is 3. The summed E-state index contributed by atoms with van der Waals surface area (Å²) in [6.45, 7) is 2.26. The molecule has 1 aliphatic heterocycles. The second-order valence-corrected chi connectivity index (χ2v) is 4.80. The Morgan fingerprint density at radius 3 is 2.89 bits per heavy atom. The van der Waals surface area contributed by atoms with E-state index in [1.165, 1.54) is 12.8 Å². The maximum atomic E-state index is 4.50. The van der Waals surface area contributed by atoms with Crippen molar-refractivity contribution in [3.05, 3.63) is 30.5 Å². The fraction of sp³-hybridized carbons (Fsp3) is 0.462. The van der Waals surface area contributed by atoms with Crippen LogP contribution in [0.3, 0.4) is 0 Å². The Bertz CT molecular complexity index is 471. The van der Waals surface area contributed by atoms with Gasteiger partial charge in [-0.25, -0.2) is 0 Å². The van der Waals surface area contributed by atoms with Crippen LogP contribution >= 0.6 is 0 Å². The second-order valence-electron chi connectivity index (χ2n) is 4.80. The van der Waals surface area contributed by atoms with Gasteiger partial charge in [0.2, 0.25) is 0 Å². The maximum Gasteiger partial charge on any atom is 0.0916 e. The highest BCUT2D eigenvalue weighted by Crippen LogP contribution is 2.17. The van der Waals surface area contributed by atoms with Gasteiger partial charge in [-0.05, 0) is 38.3 Å². The number of piperidine rings is 1. The van der Waals surface area contributed by atoms with Crippen LogP contribution < -0.4 is 5.32 Å². The summed E-state index contributed by atoms with van der Waals surface area (Å²) in [5.41, 5.74) is 2.93. The van der Waals surface area contributed by atoms with Gasteiger partial charge in [0.05, 0.1) is 23.8 Å². The second kappa shape index (κ2) is 5.27. The van der Waals surface area contributed by atoms with E-state index in [1.54, 1.807) is 6.20 Å². The number of nitrogens with one attached hydrogen (secondary N) is 2. The number of hydrogen-bond donors (Lipinski definition) is 2. The Hall–Kier alpha value is -1.75. The maximum absolute atomic E-state index is 4.50. The lowest BCUT2D eigenvalue weighted by Gasteiger charge is -2.22. The Morgan fingerprint density at radius 2 is 2.22 bits per heavy atom. The zero-order valence-corrected chi connectivity index (χ0v) is 10.3. The fourth-order valence-electron chi connectivity index (χ4n) is 2.39. The minimum absolute atomic E-state index is 0.702. The van der Waals surface area contributed by atoms with Crippen LogP contribution in [0.25, 0.3) is 11.3 Å². The molecule has 3 rings (SSSR count). The largest absolute Gasteiger partial charge is 0.316 e. The van der Waals surface area contributed by atoms with Gasteiger partial charge in [0, 0.05) is 18.0 Å². The van der Waals surface area contributed by atoms with E-state index in [0.717, 1.165) is 36.5 Å². The topological polar surface area (TPSA) is 66.5 Å². The van der Waals surface area contributed by atoms with Crippen LogP contribution in [-0.2, 0) is 6.42 Å². The highest BCUT2D eigenvalue weighted by atomic mass is 15.1. The van der Waals surface area contributed by atoms with Crippen LogP contribution in [0.5, 0.6) is 0 Å². The molecule has 0 aromatic carbocycles. The molecule has 2 aromatic rings. The molecule has 5 nitrogen and oxygen atoms in total. The number of hydrogen-bond acceptors (Lipinski definition) is 4. The van der Waals surface area contributed by atoms with Crippen LogP contribution in [0.4, 0.5) is 0 Å². The van der Waals surface area contributed by atoms with Crippen LogP contribution in [-0.4, -0.2) is 33.3 Å². The van der Waals surface area contributed by atoms with Gasteiger partial charge >= 0.3 is 0 Å². The van der Waals surface area contributed by atoms with Crippen molar-refractivity contribution in [1.82, 2.24) is 25.5 Å². The molecule has 2 N–H and O–H groups in total. The van der Waals surface area contributed by atoms with Crippen LogP contribution in [0.15, 0.2) is 24.8 Å². The minimum atomic E-state index is 0.702. The van der Waals surface area contributed by atoms with Gasteiger partial charge in [0.1, 0.15) is 0 Å². The van der Waals surface area contributed by atoms with E-state index in [2.05, 4.69) is 25.5 Å². The minimum Gasteiger partial charge on any atom is -0.316 e. The molecule has 0 unspecified atom stereocenters. The Morgan fingerprint density at radius 1 is 1.22 bits per heavy atom. The van der Waals surface area contributed by atoms with Crippen molar-refractivity contribution in [3.8, 4) is 11.3 Å². The molecule has 1 atom stereocenters. The predicted octanol–water partition coefficient (Wildman–Crippen LogP) is 1.41. The molecular formula is C13H17N5. The van der Waals surface area contributed by atoms with Crippen LogP contribution in [0, 0.1) is 5.92 Å². The monoisotopic (exact) mass is 243 g/mol. The summed E-state index contributed by atoms with van der Waals surface area (Å²) in [4.78, 5) is 8.94. The molecule has 1 saturated heterocycles. The van der Waals surface area contributed by atoms with E-state index in [4.69, 9.17) is 0 Å². The lowest BCUT2D eigenvalue weighted by atomic mass is 9.95. The smallest absolute Gasteiger partial charge is 0.0916 e. The van der Waals surface area contributed by atoms with Crippen molar-refractivity contribution in [3.63, 3.8) is 0 Å². The van der Waals surface area contributed by atoms with Crippen molar-refractivity contribution >= 4 is 0 Å². The third-order valence-corrected chi connectivity index (χ3v) is 3.40. The van der Waals surface area contributed by atoms with Crippen molar-refractivity contribution in [2.75, 3.05) is 13.1 Å². The highest BCUT2D eigenvalue weighted by Gasteiger charge is 2.14. The zero-order chi connectivity index (χ0) is 12.2. The predicted molar refractivity (Wildman–Crippen MR) is 68.9 cm³/mol. The summed E-state index contributed by atoms with van der Waals surface area (Å²) in [6.07, 6.45) is 10.9. The van der Waals surface area contributed by atoms with Crippen molar-refractivity contribution < 1.29 is 0 Å². The molecule has 0 saturated carbocycles. The van der Waals surface area contributed by atoms with E-state index in [1.807, 2.05) is 18.6 Å². The van der Waals surface area contributed by atoms with Crippen molar-refractivity contribution in [2.45, 2.75) is 19.3 Å². The molecule has 0 aliphatic carbocycles. The SMILES string of the molecule is c1n[nH]cc1-c1cnc(C[C@H]2CCCNC2)cn1. The van der Waals surface area contributed by atoms with E-state index >= 15 is 0 Å². The molecule has 0 bridgehead atoms. The average molecular weight is 243 g/mol. The molecule has 1 fully saturated rings. The molecule has 3 heterocycles. The van der Waals surface area contributed by atoms with Gasteiger partial charge in [-0.15, -0.1) is 0 Å². The summed E-state index contributed by atoms with van der Waals surface area (Å²) in [5.74, 6) is 0.702. The summed E-state index contributed by atoms with van der Waals surface area (Å²) >= 11 is 0. The standard InChI is InChI=1S/C13H17N5/c1-2-10(5-14-3-1)4-12-8-16-13(9-15-12)11-6-17-18-7-11/h6-10,14H,1-5H2,(H,17,18)/t10-/m1/s1. The van der Waals surface area contributed by atoms with Crippen molar-refractivity contribution in [1.29, 1.82) is 0 Å². The lowest BCUT2D eigenvalue weighted by Crippen LogP contribution is -2.31. The highest BCUT2D eigenvalue weighted by molar-refractivity contribution is 5.55. The summed E-state index contributed by atoms with van der Waals surface area (Å²) in [7, 11) is 0. The third-order valence-electron chi connectivity index (χ3n) is 3.40. The van der Waals surface area contributed by atoms with Gasteiger partial charge in [0.25, 0.3) is 0 Å². The van der Waals surface area contributed by atoms with Crippen LogP contribution in [0.1, 0.15) is 18.5 Å². The first-order valence-corrected chi connectivity index (χ1v) is 6.42. The van der Waals surface area contributed by atoms with E-state index < -0.39 is 0 Å². The van der Waals surface area contributed by atoms with E-state index in [9.17, 15) is 0 Å². The quantitative estimate of drug-likeness (QED) is 0.855. The van der Waals surface area contributed by atoms with Gasteiger partial charge in [-0.3, -0.25) is 15.1 Å². The van der Waals surface area contributed by atoms with Crippen molar-refractivity contribution in [2.24, 2.45) is 5.92 Å².